The Hall–Kier alpha value is -1.53. The number of ether oxygens (including phenoxy) is 1. The third-order valence-corrected chi connectivity index (χ3v) is 1.82. The highest BCUT2D eigenvalue weighted by Gasteiger charge is 2.00. The van der Waals surface area contributed by atoms with Crippen molar-refractivity contribution in [2.75, 3.05) is 6.61 Å². The molecule has 0 aliphatic carbocycles. The van der Waals surface area contributed by atoms with E-state index in [0.29, 0.717) is 12.2 Å². The Kier molecular flexibility index (Phi) is 3.96. The summed E-state index contributed by atoms with van der Waals surface area (Å²) in [4.78, 5) is 0. The maximum Gasteiger partial charge on any atom is 0.181 e. The predicted molar refractivity (Wildman–Crippen MR) is 52.9 cm³/mol. The van der Waals surface area contributed by atoms with Crippen molar-refractivity contribution in [3.05, 3.63) is 29.8 Å². The fourth-order valence-corrected chi connectivity index (χ4v) is 1.09. The minimum atomic E-state index is -0.432. The van der Waals surface area contributed by atoms with Gasteiger partial charge in [-0.05, 0) is 31.0 Å². The molecule has 0 bridgehead atoms. The van der Waals surface area contributed by atoms with Gasteiger partial charge >= 0.3 is 0 Å². The van der Waals surface area contributed by atoms with Gasteiger partial charge in [0.2, 0.25) is 0 Å². The van der Waals surface area contributed by atoms with Crippen LogP contribution in [0.15, 0.2) is 24.3 Å². The monoisotopic (exact) mass is 191 g/mol. The van der Waals surface area contributed by atoms with E-state index in [0.717, 1.165) is 5.56 Å². The summed E-state index contributed by atoms with van der Waals surface area (Å²) in [6.45, 7) is 1.84. The summed E-state index contributed by atoms with van der Waals surface area (Å²) in [5, 5.41) is 17.2. The van der Waals surface area contributed by atoms with Crippen molar-refractivity contribution in [2.45, 2.75) is 19.4 Å². The summed E-state index contributed by atoms with van der Waals surface area (Å²) >= 11 is 0. The third-order valence-electron chi connectivity index (χ3n) is 1.82. The molecule has 1 aromatic carbocycles. The van der Waals surface area contributed by atoms with Crippen molar-refractivity contribution in [3.63, 3.8) is 0 Å². The Balaban J connectivity index is 2.60. The highest BCUT2D eigenvalue weighted by Crippen LogP contribution is 2.13. The van der Waals surface area contributed by atoms with Gasteiger partial charge in [-0.15, -0.1) is 0 Å². The zero-order valence-electron chi connectivity index (χ0n) is 8.10. The lowest BCUT2D eigenvalue weighted by molar-refractivity contribution is 0.276. The minimum absolute atomic E-state index is 0.148. The molecule has 1 aromatic rings. The molecular weight excluding hydrogens is 178 g/mol. The first-order valence-electron chi connectivity index (χ1n) is 4.52. The average Bonchev–Trinajstić information content (AvgIpc) is 2.21. The molecule has 0 heterocycles. The molecule has 3 heteroatoms. The number of hydrogen-bond donors (Lipinski definition) is 1. The van der Waals surface area contributed by atoms with E-state index >= 15 is 0 Å². The number of aliphatic hydroxyl groups excluding tert-OH is 1. The standard InChI is InChI=1S/C11H13NO2/c1-9(8-12)14-11-4-2-10(3-5-11)6-7-13/h2-5,9,13H,6-7H2,1H3. The van der Waals surface area contributed by atoms with E-state index in [1.54, 1.807) is 19.1 Å². The SMILES string of the molecule is CC(C#N)Oc1ccc(CCO)cc1. The van der Waals surface area contributed by atoms with Gasteiger partial charge in [-0.25, -0.2) is 0 Å². The van der Waals surface area contributed by atoms with E-state index in [1.807, 2.05) is 18.2 Å². The Bertz CT molecular complexity index is 313. The van der Waals surface area contributed by atoms with Crippen molar-refractivity contribution in [3.8, 4) is 11.8 Å². The smallest absolute Gasteiger partial charge is 0.181 e. The van der Waals surface area contributed by atoms with Crippen LogP contribution in [0.4, 0.5) is 0 Å². The van der Waals surface area contributed by atoms with Crippen molar-refractivity contribution < 1.29 is 9.84 Å². The average molecular weight is 191 g/mol. The molecule has 0 aromatic heterocycles. The second kappa shape index (κ2) is 5.25. The van der Waals surface area contributed by atoms with Gasteiger partial charge in [-0.3, -0.25) is 0 Å². The molecule has 0 saturated carbocycles. The Labute approximate surface area is 83.6 Å². The molecule has 0 radical (unpaired) electrons. The third kappa shape index (κ3) is 3.08. The van der Waals surface area contributed by atoms with E-state index in [2.05, 4.69) is 0 Å². The Morgan fingerprint density at radius 2 is 2.07 bits per heavy atom. The van der Waals surface area contributed by atoms with Gasteiger partial charge in [0, 0.05) is 6.61 Å². The quantitative estimate of drug-likeness (QED) is 0.784. The van der Waals surface area contributed by atoms with E-state index in [-0.39, 0.29) is 6.61 Å². The van der Waals surface area contributed by atoms with E-state index in [1.165, 1.54) is 0 Å². The summed E-state index contributed by atoms with van der Waals surface area (Å²) in [5.41, 5.74) is 1.06. The van der Waals surface area contributed by atoms with Gasteiger partial charge in [-0.1, -0.05) is 12.1 Å². The molecule has 74 valence electrons. The van der Waals surface area contributed by atoms with Crippen molar-refractivity contribution in [1.82, 2.24) is 0 Å². The van der Waals surface area contributed by atoms with Crippen LogP contribution in [0.3, 0.4) is 0 Å². The molecule has 1 rings (SSSR count). The lowest BCUT2D eigenvalue weighted by atomic mass is 10.1. The molecule has 0 aliphatic heterocycles. The topological polar surface area (TPSA) is 53.2 Å². The second-order valence-corrected chi connectivity index (χ2v) is 3.01. The number of aliphatic hydroxyl groups is 1. The van der Waals surface area contributed by atoms with Crippen LogP contribution in [-0.2, 0) is 6.42 Å². The van der Waals surface area contributed by atoms with Gasteiger partial charge < -0.3 is 9.84 Å². The van der Waals surface area contributed by atoms with Gasteiger partial charge in [0.1, 0.15) is 11.8 Å². The van der Waals surface area contributed by atoms with E-state index in [9.17, 15) is 0 Å². The first-order chi connectivity index (χ1) is 6.76. The lowest BCUT2D eigenvalue weighted by Crippen LogP contribution is -2.07. The molecule has 0 saturated heterocycles. The summed E-state index contributed by atoms with van der Waals surface area (Å²) in [6, 6.07) is 9.37. The second-order valence-electron chi connectivity index (χ2n) is 3.01. The summed E-state index contributed by atoms with van der Waals surface area (Å²) < 4.78 is 5.27. The van der Waals surface area contributed by atoms with Gasteiger partial charge in [0.15, 0.2) is 6.10 Å². The molecule has 14 heavy (non-hydrogen) atoms. The largest absolute Gasteiger partial charge is 0.476 e. The van der Waals surface area contributed by atoms with Crippen LogP contribution in [0.25, 0.3) is 0 Å². The maximum absolute atomic E-state index is 8.70. The predicted octanol–water partition coefficient (Wildman–Crippen LogP) is 1.51. The first kappa shape index (κ1) is 10.6. The van der Waals surface area contributed by atoms with Crippen molar-refractivity contribution in [1.29, 1.82) is 5.26 Å². The van der Waals surface area contributed by atoms with Crippen LogP contribution in [0, 0.1) is 11.3 Å². The van der Waals surface area contributed by atoms with Crippen molar-refractivity contribution >= 4 is 0 Å². The van der Waals surface area contributed by atoms with Crippen LogP contribution in [0.5, 0.6) is 5.75 Å². The molecule has 1 N–H and O–H groups in total. The molecule has 0 fully saturated rings. The molecule has 0 spiro atoms. The number of rotatable bonds is 4. The maximum atomic E-state index is 8.70. The van der Waals surface area contributed by atoms with Crippen LogP contribution >= 0.6 is 0 Å². The Morgan fingerprint density at radius 1 is 1.43 bits per heavy atom. The Morgan fingerprint density at radius 3 is 2.57 bits per heavy atom. The lowest BCUT2D eigenvalue weighted by Gasteiger charge is -2.07. The summed E-state index contributed by atoms with van der Waals surface area (Å²) in [6.07, 6.45) is 0.215. The molecule has 1 unspecified atom stereocenters. The van der Waals surface area contributed by atoms with Gasteiger partial charge in [0.05, 0.1) is 0 Å². The molecule has 1 atom stereocenters. The fraction of sp³-hybridized carbons (Fsp3) is 0.364. The van der Waals surface area contributed by atoms with E-state index in [4.69, 9.17) is 15.1 Å². The van der Waals surface area contributed by atoms with Crippen LogP contribution in [0.1, 0.15) is 12.5 Å². The van der Waals surface area contributed by atoms with Gasteiger partial charge in [0.25, 0.3) is 0 Å². The van der Waals surface area contributed by atoms with Crippen molar-refractivity contribution in [2.24, 2.45) is 0 Å². The molecule has 3 nitrogen and oxygen atoms in total. The first-order valence-corrected chi connectivity index (χ1v) is 4.52. The number of nitriles is 1. The fourth-order valence-electron chi connectivity index (χ4n) is 1.09. The zero-order valence-corrected chi connectivity index (χ0v) is 8.10. The summed E-state index contributed by atoms with van der Waals surface area (Å²) in [5.74, 6) is 0.681. The van der Waals surface area contributed by atoms with Crippen LogP contribution in [-0.4, -0.2) is 17.8 Å². The zero-order chi connectivity index (χ0) is 10.4. The van der Waals surface area contributed by atoms with Crippen LogP contribution in [0.2, 0.25) is 0 Å². The normalized spacial score (nSPS) is 11.8. The highest BCUT2D eigenvalue weighted by atomic mass is 16.5. The molecular formula is C11H13NO2. The highest BCUT2D eigenvalue weighted by molar-refractivity contribution is 5.27. The molecule has 0 amide bonds. The van der Waals surface area contributed by atoms with Crippen LogP contribution < -0.4 is 4.74 Å². The minimum Gasteiger partial charge on any atom is -0.476 e. The summed E-state index contributed by atoms with van der Waals surface area (Å²) in [7, 11) is 0. The molecule has 0 aliphatic rings. The number of nitrogens with zero attached hydrogens (tertiary/aromatic N) is 1. The number of benzene rings is 1. The van der Waals surface area contributed by atoms with E-state index < -0.39 is 6.10 Å². The van der Waals surface area contributed by atoms with Gasteiger partial charge in [-0.2, -0.15) is 5.26 Å². The number of hydrogen-bond acceptors (Lipinski definition) is 3.